The molecule has 1 aromatic heterocycles. The summed E-state index contributed by atoms with van der Waals surface area (Å²) in [5, 5.41) is 0. The SMILES string of the molecule is CCC(=O)c1ccc(OCC(C)(F)F)cn1. The van der Waals surface area contributed by atoms with Crippen LogP contribution in [0.2, 0.25) is 0 Å². The molecule has 5 heteroatoms. The number of nitrogens with zero attached hydrogens (tertiary/aromatic N) is 1. The summed E-state index contributed by atoms with van der Waals surface area (Å²) in [6.45, 7) is 1.80. The number of hydrogen-bond donors (Lipinski definition) is 0. The fourth-order valence-electron chi connectivity index (χ4n) is 1.02. The lowest BCUT2D eigenvalue weighted by atomic mass is 10.2. The lowest BCUT2D eigenvalue weighted by Crippen LogP contribution is -2.21. The van der Waals surface area contributed by atoms with Crippen LogP contribution in [-0.2, 0) is 0 Å². The molecule has 0 aliphatic carbocycles. The van der Waals surface area contributed by atoms with E-state index in [1.165, 1.54) is 18.3 Å². The van der Waals surface area contributed by atoms with E-state index in [0.29, 0.717) is 12.1 Å². The molecule has 0 N–H and O–H groups in total. The summed E-state index contributed by atoms with van der Waals surface area (Å²) in [5.41, 5.74) is 0.318. The molecule has 0 aliphatic rings. The molecular weight excluding hydrogens is 216 g/mol. The van der Waals surface area contributed by atoms with Crippen molar-refractivity contribution < 1.29 is 18.3 Å². The van der Waals surface area contributed by atoms with Crippen molar-refractivity contribution >= 4 is 5.78 Å². The van der Waals surface area contributed by atoms with Crippen LogP contribution in [-0.4, -0.2) is 23.3 Å². The molecule has 16 heavy (non-hydrogen) atoms. The maximum Gasteiger partial charge on any atom is 0.278 e. The molecule has 1 aromatic rings. The summed E-state index contributed by atoms with van der Waals surface area (Å²) >= 11 is 0. The summed E-state index contributed by atoms with van der Waals surface area (Å²) in [4.78, 5) is 15.0. The minimum absolute atomic E-state index is 0.0904. The molecule has 0 amide bonds. The zero-order chi connectivity index (χ0) is 12.2. The number of Topliss-reactive ketones (excluding diaryl/α,β-unsaturated/α-hetero) is 1. The van der Waals surface area contributed by atoms with Crippen LogP contribution in [0.3, 0.4) is 0 Å². The number of rotatable bonds is 5. The highest BCUT2D eigenvalue weighted by Gasteiger charge is 2.22. The van der Waals surface area contributed by atoms with Gasteiger partial charge < -0.3 is 4.74 Å². The highest BCUT2D eigenvalue weighted by molar-refractivity contribution is 5.93. The van der Waals surface area contributed by atoms with Crippen LogP contribution in [0.25, 0.3) is 0 Å². The summed E-state index contributed by atoms with van der Waals surface area (Å²) in [5.74, 6) is -2.74. The van der Waals surface area contributed by atoms with Crippen LogP contribution in [0.15, 0.2) is 18.3 Å². The van der Waals surface area contributed by atoms with E-state index < -0.39 is 12.5 Å². The van der Waals surface area contributed by atoms with E-state index in [9.17, 15) is 13.6 Å². The highest BCUT2D eigenvalue weighted by atomic mass is 19.3. The molecule has 0 spiro atoms. The van der Waals surface area contributed by atoms with Crippen LogP contribution >= 0.6 is 0 Å². The molecule has 0 atom stereocenters. The van der Waals surface area contributed by atoms with E-state index in [-0.39, 0.29) is 11.5 Å². The van der Waals surface area contributed by atoms with Gasteiger partial charge in [0.1, 0.15) is 11.4 Å². The lowest BCUT2D eigenvalue weighted by molar-refractivity contribution is -0.0230. The third kappa shape index (κ3) is 3.92. The van der Waals surface area contributed by atoms with Crippen molar-refractivity contribution in [1.82, 2.24) is 4.98 Å². The van der Waals surface area contributed by atoms with Crippen molar-refractivity contribution in [3.05, 3.63) is 24.0 Å². The Morgan fingerprint density at radius 3 is 2.62 bits per heavy atom. The third-order valence-electron chi connectivity index (χ3n) is 1.84. The Hall–Kier alpha value is -1.52. The van der Waals surface area contributed by atoms with Crippen molar-refractivity contribution in [2.75, 3.05) is 6.61 Å². The van der Waals surface area contributed by atoms with E-state index in [4.69, 9.17) is 4.74 Å². The molecule has 0 fully saturated rings. The molecule has 0 aromatic carbocycles. The first kappa shape index (κ1) is 12.5. The predicted molar refractivity (Wildman–Crippen MR) is 55.0 cm³/mol. The Kier molecular flexibility index (Phi) is 3.93. The molecule has 0 saturated heterocycles. The van der Waals surface area contributed by atoms with E-state index in [1.807, 2.05) is 0 Å². The second kappa shape index (κ2) is 5.01. The van der Waals surface area contributed by atoms with Gasteiger partial charge in [0.05, 0.1) is 6.20 Å². The van der Waals surface area contributed by atoms with E-state index in [2.05, 4.69) is 4.98 Å². The fourth-order valence-corrected chi connectivity index (χ4v) is 1.02. The number of hydrogen-bond acceptors (Lipinski definition) is 3. The Labute approximate surface area is 92.4 Å². The zero-order valence-electron chi connectivity index (χ0n) is 9.17. The molecular formula is C11H13F2NO2. The maximum absolute atomic E-state index is 12.5. The molecule has 0 aliphatic heterocycles. The Morgan fingerprint density at radius 1 is 1.50 bits per heavy atom. The van der Waals surface area contributed by atoms with E-state index in [1.54, 1.807) is 6.92 Å². The van der Waals surface area contributed by atoms with Gasteiger partial charge in [0.15, 0.2) is 12.4 Å². The number of ether oxygens (including phenoxy) is 1. The van der Waals surface area contributed by atoms with E-state index in [0.717, 1.165) is 6.92 Å². The first-order valence-electron chi connectivity index (χ1n) is 4.92. The quantitative estimate of drug-likeness (QED) is 0.729. The van der Waals surface area contributed by atoms with E-state index >= 15 is 0 Å². The Balaban J connectivity index is 2.62. The summed E-state index contributed by atoms with van der Waals surface area (Å²) in [7, 11) is 0. The molecule has 0 unspecified atom stereocenters. The standard InChI is InChI=1S/C11H13F2NO2/c1-3-10(15)9-5-4-8(6-14-9)16-7-11(2,12)13/h4-6H,3,7H2,1-2H3. The van der Waals surface area contributed by atoms with Gasteiger partial charge in [-0.15, -0.1) is 0 Å². The summed E-state index contributed by atoms with van der Waals surface area (Å²) < 4.78 is 29.8. The number of ketones is 1. The molecule has 0 radical (unpaired) electrons. The average molecular weight is 229 g/mol. The van der Waals surface area contributed by atoms with Gasteiger partial charge in [0.25, 0.3) is 5.92 Å². The number of carbonyl (C=O) groups excluding carboxylic acids is 1. The Morgan fingerprint density at radius 2 is 2.19 bits per heavy atom. The normalized spacial score (nSPS) is 11.2. The third-order valence-corrected chi connectivity index (χ3v) is 1.84. The topological polar surface area (TPSA) is 39.2 Å². The molecule has 0 saturated carbocycles. The Bertz CT molecular complexity index is 357. The van der Waals surface area contributed by atoms with Crippen molar-refractivity contribution in [3.8, 4) is 5.75 Å². The van der Waals surface area contributed by atoms with Gasteiger partial charge in [-0.25, -0.2) is 13.8 Å². The number of pyridine rings is 1. The number of halogens is 2. The first-order valence-corrected chi connectivity index (χ1v) is 4.92. The predicted octanol–water partition coefficient (Wildman–Crippen LogP) is 2.71. The molecule has 88 valence electrons. The minimum Gasteiger partial charge on any atom is -0.486 e. The van der Waals surface area contributed by atoms with Crippen LogP contribution in [0, 0.1) is 0 Å². The van der Waals surface area contributed by atoms with Gasteiger partial charge in [0, 0.05) is 13.3 Å². The highest BCUT2D eigenvalue weighted by Crippen LogP contribution is 2.16. The van der Waals surface area contributed by atoms with Crippen molar-refractivity contribution in [2.45, 2.75) is 26.2 Å². The second-order valence-corrected chi connectivity index (χ2v) is 3.51. The van der Waals surface area contributed by atoms with Crippen LogP contribution in [0.4, 0.5) is 8.78 Å². The first-order chi connectivity index (χ1) is 7.42. The lowest BCUT2D eigenvalue weighted by Gasteiger charge is -2.11. The minimum atomic E-state index is -2.88. The van der Waals surface area contributed by atoms with Crippen molar-refractivity contribution in [1.29, 1.82) is 0 Å². The molecule has 3 nitrogen and oxygen atoms in total. The van der Waals surface area contributed by atoms with Gasteiger partial charge in [-0.1, -0.05) is 6.92 Å². The molecule has 1 rings (SSSR count). The number of carbonyl (C=O) groups is 1. The molecule has 0 bridgehead atoms. The molecule has 1 heterocycles. The average Bonchev–Trinajstić information content (AvgIpc) is 2.25. The smallest absolute Gasteiger partial charge is 0.278 e. The fraction of sp³-hybridized carbons (Fsp3) is 0.455. The monoisotopic (exact) mass is 229 g/mol. The van der Waals surface area contributed by atoms with Crippen molar-refractivity contribution in [2.24, 2.45) is 0 Å². The maximum atomic E-state index is 12.5. The van der Waals surface area contributed by atoms with Gasteiger partial charge in [-0.05, 0) is 12.1 Å². The van der Waals surface area contributed by atoms with Gasteiger partial charge in [-0.2, -0.15) is 0 Å². The largest absolute Gasteiger partial charge is 0.486 e. The van der Waals surface area contributed by atoms with Crippen LogP contribution in [0.1, 0.15) is 30.8 Å². The van der Waals surface area contributed by atoms with Gasteiger partial charge in [0.2, 0.25) is 0 Å². The number of alkyl halides is 2. The summed E-state index contributed by atoms with van der Waals surface area (Å²) in [6.07, 6.45) is 1.63. The van der Waals surface area contributed by atoms with Crippen LogP contribution < -0.4 is 4.74 Å². The summed E-state index contributed by atoms with van der Waals surface area (Å²) in [6, 6.07) is 2.93. The van der Waals surface area contributed by atoms with Crippen LogP contribution in [0.5, 0.6) is 5.75 Å². The van der Waals surface area contributed by atoms with Gasteiger partial charge >= 0.3 is 0 Å². The van der Waals surface area contributed by atoms with Gasteiger partial charge in [-0.3, -0.25) is 4.79 Å². The second-order valence-electron chi connectivity index (χ2n) is 3.51. The zero-order valence-corrected chi connectivity index (χ0v) is 9.17. The van der Waals surface area contributed by atoms with Crippen molar-refractivity contribution in [3.63, 3.8) is 0 Å². The number of aromatic nitrogens is 1.